The van der Waals surface area contributed by atoms with Crippen molar-refractivity contribution in [2.24, 2.45) is 0 Å². The maximum absolute atomic E-state index is 12.2. The van der Waals surface area contributed by atoms with Crippen LogP contribution in [0.4, 0.5) is 11.4 Å². The second-order valence-electron chi connectivity index (χ2n) is 6.29. The summed E-state index contributed by atoms with van der Waals surface area (Å²) in [5, 5.41) is 0. The molecule has 0 aliphatic heterocycles. The van der Waals surface area contributed by atoms with Crippen LogP contribution in [0.1, 0.15) is 31.1 Å². The Kier molecular flexibility index (Phi) is 4.94. The first-order valence-electron chi connectivity index (χ1n) is 7.32. The molecule has 0 fully saturated rings. The standard InChI is InChI=1S/C17H20N2O4S/c1-17(2,3)23-16(20)13-6-5-7-15(12-13)19(24(4,21)22)14-8-10-18-11-9-14/h5-12H,1-4H3. The van der Waals surface area contributed by atoms with Crippen LogP contribution >= 0.6 is 0 Å². The number of pyridine rings is 1. The number of carbonyl (C=O) groups excluding carboxylic acids is 1. The number of aromatic nitrogens is 1. The lowest BCUT2D eigenvalue weighted by Gasteiger charge is -2.23. The number of sulfonamides is 1. The van der Waals surface area contributed by atoms with E-state index in [-0.39, 0.29) is 5.56 Å². The van der Waals surface area contributed by atoms with Crippen molar-refractivity contribution in [2.45, 2.75) is 26.4 Å². The first-order chi connectivity index (χ1) is 11.1. The van der Waals surface area contributed by atoms with Gasteiger partial charge in [0, 0.05) is 12.4 Å². The van der Waals surface area contributed by atoms with Crippen LogP contribution in [0.3, 0.4) is 0 Å². The van der Waals surface area contributed by atoms with Crippen molar-refractivity contribution in [2.75, 3.05) is 10.6 Å². The molecular weight excluding hydrogens is 328 g/mol. The van der Waals surface area contributed by atoms with Crippen LogP contribution in [-0.4, -0.2) is 31.2 Å². The Bertz CT molecular complexity index is 827. The molecule has 0 atom stereocenters. The fraction of sp³-hybridized carbons (Fsp3) is 0.294. The van der Waals surface area contributed by atoms with Gasteiger partial charge in [-0.1, -0.05) is 6.07 Å². The fourth-order valence-corrected chi connectivity index (χ4v) is 3.11. The molecule has 24 heavy (non-hydrogen) atoms. The van der Waals surface area contributed by atoms with Gasteiger partial charge in [0.25, 0.3) is 0 Å². The molecule has 0 amide bonds. The van der Waals surface area contributed by atoms with Crippen LogP contribution in [0, 0.1) is 0 Å². The Morgan fingerprint density at radius 1 is 1.08 bits per heavy atom. The first kappa shape index (κ1) is 17.9. The number of anilines is 2. The lowest BCUT2D eigenvalue weighted by Crippen LogP contribution is -2.26. The molecule has 6 nitrogen and oxygen atoms in total. The average molecular weight is 348 g/mol. The summed E-state index contributed by atoms with van der Waals surface area (Å²) < 4.78 is 31.0. The highest BCUT2D eigenvalue weighted by Gasteiger charge is 2.22. The van der Waals surface area contributed by atoms with Crippen LogP contribution in [0.2, 0.25) is 0 Å². The summed E-state index contributed by atoms with van der Waals surface area (Å²) in [6.07, 6.45) is 4.12. The molecule has 0 saturated heterocycles. The van der Waals surface area contributed by atoms with Crippen LogP contribution < -0.4 is 4.31 Å². The molecule has 0 N–H and O–H groups in total. The summed E-state index contributed by atoms with van der Waals surface area (Å²) in [5.74, 6) is -0.507. The zero-order chi connectivity index (χ0) is 18.0. The zero-order valence-corrected chi connectivity index (χ0v) is 14.9. The molecule has 1 aromatic carbocycles. The van der Waals surface area contributed by atoms with Crippen molar-refractivity contribution in [3.8, 4) is 0 Å². The quantitative estimate of drug-likeness (QED) is 0.793. The minimum Gasteiger partial charge on any atom is -0.456 e. The average Bonchev–Trinajstić information content (AvgIpc) is 2.45. The minimum absolute atomic E-state index is 0.283. The number of benzene rings is 1. The molecule has 0 aliphatic rings. The van der Waals surface area contributed by atoms with E-state index in [1.165, 1.54) is 18.5 Å². The summed E-state index contributed by atoms with van der Waals surface area (Å²) >= 11 is 0. The molecular formula is C17H20N2O4S. The Balaban J connectivity index is 2.46. The highest BCUT2D eigenvalue weighted by molar-refractivity contribution is 7.92. The van der Waals surface area contributed by atoms with Gasteiger partial charge in [0.15, 0.2) is 0 Å². The highest BCUT2D eigenvalue weighted by Crippen LogP contribution is 2.28. The Labute approximate surface area is 142 Å². The van der Waals surface area contributed by atoms with Crippen molar-refractivity contribution < 1.29 is 17.9 Å². The van der Waals surface area contributed by atoms with E-state index in [1.54, 1.807) is 51.1 Å². The van der Waals surface area contributed by atoms with Gasteiger partial charge in [0.1, 0.15) is 5.60 Å². The van der Waals surface area contributed by atoms with Gasteiger partial charge in [0.05, 0.1) is 23.2 Å². The number of rotatable bonds is 4. The second-order valence-corrected chi connectivity index (χ2v) is 8.12. The SMILES string of the molecule is CC(C)(C)OC(=O)c1cccc(N(c2ccncc2)S(C)(=O)=O)c1. The molecule has 2 rings (SSSR count). The van der Waals surface area contributed by atoms with E-state index in [1.807, 2.05) is 0 Å². The summed E-state index contributed by atoms with van der Waals surface area (Å²) in [6.45, 7) is 5.32. The predicted molar refractivity (Wildman–Crippen MR) is 92.8 cm³/mol. The van der Waals surface area contributed by atoms with E-state index >= 15 is 0 Å². The second kappa shape index (κ2) is 6.60. The molecule has 0 aliphatic carbocycles. The van der Waals surface area contributed by atoms with Crippen molar-refractivity contribution >= 4 is 27.4 Å². The number of hydrogen-bond acceptors (Lipinski definition) is 5. The van der Waals surface area contributed by atoms with Crippen molar-refractivity contribution in [1.82, 2.24) is 4.98 Å². The third-order valence-corrected chi connectivity index (χ3v) is 4.03. The summed E-state index contributed by atoms with van der Waals surface area (Å²) in [7, 11) is -3.60. The molecule has 7 heteroatoms. The maximum atomic E-state index is 12.2. The first-order valence-corrected chi connectivity index (χ1v) is 9.16. The van der Waals surface area contributed by atoms with E-state index in [0.717, 1.165) is 10.6 Å². The lowest BCUT2D eigenvalue weighted by atomic mass is 10.1. The number of esters is 1. The largest absolute Gasteiger partial charge is 0.456 e. The van der Waals surface area contributed by atoms with E-state index in [2.05, 4.69) is 4.98 Å². The van der Waals surface area contributed by atoms with Crippen LogP contribution in [0.5, 0.6) is 0 Å². The number of carbonyl (C=O) groups is 1. The van der Waals surface area contributed by atoms with Crippen molar-refractivity contribution in [3.05, 3.63) is 54.4 Å². The van der Waals surface area contributed by atoms with E-state index in [9.17, 15) is 13.2 Å². The third-order valence-electron chi connectivity index (χ3n) is 2.94. The molecule has 1 aromatic heterocycles. The maximum Gasteiger partial charge on any atom is 0.338 e. The third kappa shape index (κ3) is 4.55. The molecule has 0 saturated carbocycles. The number of ether oxygens (including phenoxy) is 1. The molecule has 0 bridgehead atoms. The highest BCUT2D eigenvalue weighted by atomic mass is 32.2. The predicted octanol–water partition coefficient (Wildman–Crippen LogP) is 3.13. The molecule has 0 spiro atoms. The topological polar surface area (TPSA) is 76.6 Å². The minimum atomic E-state index is -3.60. The molecule has 128 valence electrons. The van der Waals surface area contributed by atoms with Gasteiger partial charge in [-0.2, -0.15) is 0 Å². The normalized spacial score (nSPS) is 11.8. The van der Waals surface area contributed by atoms with E-state index < -0.39 is 21.6 Å². The van der Waals surface area contributed by atoms with Gasteiger partial charge >= 0.3 is 5.97 Å². The fourth-order valence-electron chi connectivity index (χ4n) is 2.11. The van der Waals surface area contributed by atoms with Gasteiger partial charge in [0.2, 0.25) is 10.0 Å². The van der Waals surface area contributed by atoms with Gasteiger partial charge < -0.3 is 4.74 Å². The Hall–Kier alpha value is -2.41. The van der Waals surface area contributed by atoms with Crippen LogP contribution in [0.25, 0.3) is 0 Å². The van der Waals surface area contributed by atoms with Gasteiger partial charge in [-0.3, -0.25) is 4.98 Å². The Morgan fingerprint density at radius 3 is 2.25 bits per heavy atom. The number of nitrogens with zero attached hydrogens (tertiary/aromatic N) is 2. The molecule has 0 unspecified atom stereocenters. The molecule has 2 aromatic rings. The molecule has 1 heterocycles. The van der Waals surface area contributed by atoms with Crippen molar-refractivity contribution in [3.63, 3.8) is 0 Å². The van der Waals surface area contributed by atoms with Gasteiger partial charge in [-0.15, -0.1) is 0 Å². The van der Waals surface area contributed by atoms with Crippen molar-refractivity contribution in [1.29, 1.82) is 0 Å². The summed E-state index contributed by atoms with van der Waals surface area (Å²) in [5.41, 5.74) is 0.445. The monoisotopic (exact) mass is 348 g/mol. The molecule has 0 radical (unpaired) electrons. The lowest BCUT2D eigenvalue weighted by molar-refractivity contribution is 0.00695. The van der Waals surface area contributed by atoms with Crippen LogP contribution in [-0.2, 0) is 14.8 Å². The van der Waals surface area contributed by atoms with Gasteiger partial charge in [-0.05, 0) is 51.1 Å². The van der Waals surface area contributed by atoms with E-state index in [4.69, 9.17) is 4.74 Å². The zero-order valence-electron chi connectivity index (χ0n) is 14.1. The summed E-state index contributed by atoms with van der Waals surface area (Å²) in [4.78, 5) is 16.1. The van der Waals surface area contributed by atoms with E-state index in [0.29, 0.717) is 11.4 Å². The van der Waals surface area contributed by atoms with Gasteiger partial charge in [-0.25, -0.2) is 17.5 Å². The summed E-state index contributed by atoms with van der Waals surface area (Å²) in [6, 6.07) is 9.49. The van der Waals surface area contributed by atoms with Crippen LogP contribution in [0.15, 0.2) is 48.8 Å². The smallest absolute Gasteiger partial charge is 0.338 e. The number of hydrogen-bond donors (Lipinski definition) is 0. The Morgan fingerprint density at radius 2 is 1.71 bits per heavy atom.